The molecule has 9 heteroatoms. The van der Waals surface area contributed by atoms with Gasteiger partial charge in [0.2, 0.25) is 0 Å². The highest BCUT2D eigenvalue weighted by atomic mass is 16.6. The number of morpholine rings is 1. The number of nitro groups is 1. The number of furan rings is 1. The van der Waals surface area contributed by atoms with Crippen molar-refractivity contribution < 1.29 is 24.0 Å². The lowest BCUT2D eigenvalue weighted by Crippen LogP contribution is -2.47. The molecule has 0 saturated carbocycles. The van der Waals surface area contributed by atoms with Crippen LogP contribution >= 0.6 is 0 Å². The van der Waals surface area contributed by atoms with Crippen LogP contribution in [0.2, 0.25) is 0 Å². The fourth-order valence-electron chi connectivity index (χ4n) is 3.29. The van der Waals surface area contributed by atoms with Gasteiger partial charge in [0.05, 0.1) is 30.7 Å². The van der Waals surface area contributed by atoms with Gasteiger partial charge in [-0.05, 0) is 19.2 Å². The van der Waals surface area contributed by atoms with E-state index in [9.17, 15) is 14.9 Å². The molecule has 2 heterocycles. The zero-order chi connectivity index (χ0) is 20.1. The topological polar surface area (TPSA) is 109 Å². The minimum absolute atomic E-state index is 0.0232. The van der Waals surface area contributed by atoms with Crippen LogP contribution in [0.4, 0.5) is 5.69 Å². The predicted molar refractivity (Wildman–Crippen MR) is 101 cm³/mol. The van der Waals surface area contributed by atoms with Crippen molar-refractivity contribution in [1.82, 2.24) is 9.80 Å². The molecule has 150 valence electrons. The Morgan fingerprint density at radius 3 is 2.96 bits per heavy atom. The lowest BCUT2D eigenvalue weighted by Gasteiger charge is -2.34. The van der Waals surface area contributed by atoms with Gasteiger partial charge >= 0.3 is 5.97 Å². The maximum atomic E-state index is 10.9. The van der Waals surface area contributed by atoms with Crippen molar-refractivity contribution in [2.24, 2.45) is 0 Å². The second kappa shape index (κ2) is 8.96. The Morgan fingerprint density at radius 2 is 2.21 bits per heavy atom. The summed E-state index contributed by atoms with van der Waals surface area (Å²) in [7, 11) is 1.76. The molecule has 0 bridgehead atoms. The third kappa shape index (κ3) is 5.38. The first-order valence-corrected chi connectivity index (χ1v) is 8.98. The van der Waals surface area contributed by atoms with Gasteiger partial charge in [-0.2, -0.15) is 0 Å². The van der Waals surface area contributed by atoms with Gasteiger partial charge in [0.1, 0.15) is 11.5 Å². The molecule has 0 radical (unpaired) electrons. The molecule has 1 aromatic heterocycles. The number of carboxylic acid groups (broad SMARTS) is 1. The SMILES string of the molecule is CN(CC(=O)O)CC1CN(Cc2ccc(-c3cccc([N+](=O)[O-])c3)o2)CCO1. The van der Waals surface area contributed by atoms with Crippen molar-refractivity contribution in [2.45, 2.75) is 12.6 Å². The molecule has 2 aromatic rings. The van der Waals surface area contributed by atoms with Crippen molar-refractivity contribution in [3.05, 3.63) is 52.3 Å². The number of ether oxygens (including phenoxy) is 1. The number of nitro benzene ring substituents is 1. The zero-order valence-electron chi connectivity index (χ0n) is 15.6. The first-order valence-electron chi connectivity index (χ1n) is 8.98. The summed E-state index contributed by atoms with van der Waals surface area (Å²) in [5.74, 6) is 0.491. The fourth-order valence-corrected chi connectivity index (χ4v) is 3.29. The van der Waals surface area contributed by atoms with Crippen molar-refractivity contribution >= 4 is 11.7 Å². The number of rotatable bonds is 8. The van der Waals surface area contributed by atoms with E-state index in [4.69, 9.17) is 14.3 Å². The van der Waals surface area contributed by atoms with Crippen LogP contribution in [-0.4, -0.2) is 71.7 Å². The Balaban J connectivity index is 1.59. The van der Waals surface area contributed by atoms with E-state index < -0.39 is 10.9 Å². The second-order valence-electron chi connectivity index (χ2n) is 6.89. The lowest BCUT2D eigenvalue weighted by atomic mass is 10.1. The van der Waals surface area contributed by atoms with Crippen LogP contribution in [0.25, 0.3) is 11.3 Å². The van der Waals surface area contributed by atoms with Crippen molar-refractivity contribution in [3.63, 3.8) is 0 Å². The van der Waals surface area contributed by atoms with E-state index in [0.29, 0.717) is 37.6 Å². The molecule has 9 nitrogen and oxygen atoms in total. The van der Waals surface area contributed by atoms with Crippen LogP contribution in [0, 0.1) is 10.1 Å². The minimum atomic E-state index is -0.862. The van der Waals surface area contributed by atoms with Crippen LogP contribution in [0.3, 0.4) is 0 Å². The average Bonchev–Trinajstić information content (AvgIpc) is 3.10. The van der Waals surface area contributed by atoms with Gasteiger partial charge in [-0.15, -0.1) is 0 Å². The third-order valence-electron chi connectivity index (χ3n) is 4.53. The number of carboxylic acids is 1. The van der Waals surface area contributed by atoms with Gasteiger partial charge in [-0.1, -0.05) is 12.1 Å². The largest absolute Gasteiger partial charge is 0.480 e. The summed E-state index contributed by atoms with van der Waals surface area (Å²) in [5.41, 5.74) is 0.688. The maximum absolute atomic E-state index is 10.9. The average molecular weight is 389 g/mol. The third-order valence-corrected chi connectivity index (χ3v) is 4.53. The van der Waals surface area contributed by atoms with Crippen LogP contribution < -0.4 is 0 Å². The van der Waals surface area contributed by atoms with E-state index in [1.54, 1.807) is 24.1 Å². The highest BCUT2D eigenvalue weighted by molar-refractivity contribution is 5.69. The highest BCUT2D eigenvalue weighted by Crippen LogP contribution is 2.26. The van der Waals surface area contributed by atoms with Crippen LogP contribution in [0.1, 0.15) is 5.76 Å². The van der Waals surface area contributed by atoms with E-state index in [1.807, 2.05) is 12.1 Å². The molecule has 1 saturated heterocycles. The van der Waals surface area contributed by atoms with Crippen LogP contribution in [0.5, 0.6) is 0 Å². The standard InChI is InChI=1S/C19H23N3O6/c1-20(13-19(23)24)10-17-12-21(7-8-27-17)11-16-5-6-18(28-16)14-3-2-4-15(9-14)22(25)26/h2-6,9,17H,7-8,10-13H2,1H3,(H,23,24). The summed E-state index contributed by atoms with van der Waals surface area (Å²) in [5, 5.41) is 19.8. The molecule has 1 aromatic carbocycles. The minimum Gasteiger partial charge on any atom is -0.480 e. The summed E-state index contributed by atoms with van der Waals surface area (Å²) in [6.45, 7) is 3.12. The van der Waals surface area contributed by atoms with Gasteiger partial charge in [0.25, 0.3) is 5.69 Å². The van der Waals surface area contributed by atoms with Gasteiger partial charge in [-0.3, -0.25) is 24.7 Å². The number of hydrogen-bond donors (Lipinski definition) is 1. The second-order valence-corrected chi connectivity index (χ2v) is 6.89. The first-order chi connectivity index (χ1) is 13.4. The number of carbonyl (C=O) groups is 1. The fraction of sp³-hybridized carbons (Fsp3) is 0.421. The Morgan fingerprint density at radius 1 is 1.39 bits per heavy atom. The van der Waals surface area contributed by atoms with E-state index in [0.717, 1.165) is 12.3 Å². The molecular weight excluding hydrogens is 366 g/mol. The molecule has 1 aliphatic heterocycles. The first kappa shape index (κ1) is 20.0. The molecule has 0 amide bonds. The number of non-ortho nitro benzene ring substituents is 1. The molecule has 1 N–H and O–H groups in total. The van der Waals surface area contributed by atoms with Gasteiger partial charge in [0, 0.05) is 37.3 Å². The molecule has 1 atom stereocenters. The molecule has 28 heavy (non-hydrogen) atoms. The number of hydrogen-bond acceptors (Lipinski definition) is 7. The number of aliphatic carboxylic acids is 1. The van der Waals surface area contributed by atoms with Crippen LogP contribution in [-0.2, 0) is 16.1 Å². The summed E-state index contributed by atoms with van der Waals surface area (Å²) < 4.78 is 11.6. The summed E-state index contributed by atoms with van der Waals surface area (Å²) in [6, 6.07) is 10.0. The van der Waals surface area contributed by atoms with E-state index in [2.05, 4.69) is 4.90 Å². The highest BCUT2D eigenvalue weighted by Gasteiger charge is 2.23. The number of benzene rings is 1. The zero-order valence-corrected chi connectivity index (χ0v) is 15.6. The number of nitrogens with zero attached hydrogens (tertiary/aromatic N) is 3. The van der Waals surface area contributed by atoms with Gasteiger partial charge < -0.3 is 14.3 Å². The maximum Gasteiger partial charge on any atom is 0.317 e. The Hall–Kier alpha value is -2.75. The summed E-state index contributed by atoms with van der Waals surface area (Å²) in [4.78, 5) is 25.2. The smallest absolute Gasteiger partial charge is 0.317 e. The normalized spacial score (nSPS) is 17.7. The van der Waals surface area contributed by atoms with Crippen molar-refractivity contribution in [3.8, 4) is 11.3 Å². The van der Waals surface area contributed by atoms with Crippen molar-refractivity contribution in [2.75, 3.05) is 39.8 Å². The van der Waals surface area contributed by atoms with Crippen LogP contribution in [0.15, 0.2) is 40.8 Å². The quantitative estimate of drug-likeness (QED) is 0.540. The Labute approximate surface area is 162 Å². The van der Waals surface area contributed by atoms with E-state index in [1.165, 1.54) is 12.1 Å². The van der Waals surface area contributed by atoms with Gasteiger partial charge in [0.15, 0.2) is 0 Å². The van der Waals surface area contributed by atoms with E-state index >= 15 is 0 Å². The van der Waals surface area contributed by atoms with Gasteiger partial charge in [-0.25, -0.2) is 0 Å². The molecule has 0 aliphatic carbocycles. The van der Waals surface area contributed by atoms with Crippen molar-refractivity contribution in [1.29, 1.82) is 0 Å². The monoisotopic (exact) mass is 389 g/mol. The molecule has 0 spiro atoms. The summed E-state index contributed by atoms with van der Waals surface area (Å²) >= 11 is 0. The predicted octanol–water partition coefficient (Wildman–Crippen LogP) is 2.07. The molecule has 1 unspecified atom stereocenters. The molecule has 3 rings (SSSR count). The molecule has 1 fully saturated rings. The summed E-state index contributed by atoms with van der Waals surface area (Å²) in [6.07, 6.45) is -0.0655. The number of likely N-dealkylation sites (N-methyl/N-ethyl adjacent to an activating group) is 1. The molecule has 1 aliphatic rings. The lowest BCUT2D eigenvalue weighted by molar-refractivity contribution is -0.384. The Bertz CT molecular complexity index is 837. The Kier molecular flexibility index (Phi) is 6.40. The molecular formula is C19H23N3O6. The van der Waals surface area contributed by atoms with E-state index in [-0.39, 0.29) is 18.3 Å².